The Hall–Kier alpha value is -0.630. The monoisotopic (exact) mass is 298 g/mol. The van der Waals surface area contributed by atoms with Gasteiger partial charge in [-0.25, -0.2) is 0 Å². The molecule has 2 aliphatic heterocycles. The number of thioether (sulfide) groups is 1. The van der Waals surface area contributed by atoms with Gasteiger partial charge in [0.2, 0.25) is 0 Å². The minimum atomic E-state index is -1.04. The molecule has 1 aromatic rings. The average molecular weight is 298 g/mol. The molecule has 0 spiro atoms. The van der Waals surface area contributed by atoms with Crippen molar-refractivity contribution >= 4 is 11.8 Å². The quantitative estimate of drug-likeness (QED) is 0.846. The Morgan fingerprint density at radius 2 is 1.95 bits per heavy atom. The summed E-state index contributed by atoms with van der Waals surface area (Å²) < 4.78 is 16.5. The van der Waals surface area contributed by atoms with E-state index in [1.165, 1.54) is 18.9 Å². The summed E-state index contributed by atoms with van der Waals surface area (Å²) in [5.74, 6) is 0. The molecule has 3 rings (SSSR count). The molecule has 2 saturated heterocycles. The van der Waals surface area contributed by atoms with Crippen molar-refractivity contribution in [2.24, 2.45) is 0 Å². The van der Waals surface area contributed by atoms with E-state index in [0.29, 0.717) is 6.61 Å². The normalized spacial score (nSPS) is 41.1. The van der Waals surface area contributed by atoms with Crippen molar-refractivity contribution in [1.29, 1.82) is 0 Å². The molecule has 1 aromatic carbocycles. The minimum Gasteiger partial charge on any atom is -0.389 e. The number of ether oxygens (including phenoxy) is 3. The summed E-state index contributed by atoms with van der Waals surface area (Å²) in [5.41, 5.74) is 0.897. The van der Waals surface area contributed by atoms with E-state index in [1.54, 1.807) is 0 Å². The van der Waals surface area contributed by atoms with E-state index in [1.807, 2.05) is 30.3 Å². The number of hydrogen-bond donors (Lipinski definition) is 2. The number of aliphatic hydroxyl groups is 2. The fraction of sp³-hybridized carbons (Fsp3) is 0.571. The zero-order valence-corrected chi connectivity index (χ0v) is 11.9. The molecule has 20 heavy (non-hydrogen) atoms. The van der Waals surface area contributed by atoms with Gasteiger partial charge < -0.3 is 24.4 Å². The van der Waals surface area contributed by atoms with Crippen LogP contribution in [0.25, 0.3) is 0 Å². The highest BCUT2D eigenvalue weighted by Gasteiger charge is 2.48. The molecule has 0 amide bonds. The number of fused-ring (bicyclic) bond motifs is 1. The summed E-state index contributed by atoms with van der Waals surface area (Å²) in [6.07, 6.45) is -3.01. The molecule has 0 radical (unpaired) electrons. The summed E-state index contributed by atoms with van der Waals surface area (Å²) in [6.45, 7) is 0.376. The maximum atomic E-state index is 10.3. The first kappa shape index (κ1) is 14.3. The van der Waals surface area contributed by atoms with Crippen molar-refractivity contribution in [3.63, 3.8) is 0 Å². The van der Waals surface area contributed by atoms with Crippen LogP contribution < -0.4 is 0 Å². The summed E-state index contributed by atoms with van der Waals surface area (Å²) in [7, 11) is 1.45. The summed E-state index contributed by atoms with van der Waals surface area (Å²) in [5, 5.41) is 20.0. The first-order chi connectivity index (χ1) is 9.70. The predicted molar refractivity (Wildman–Crippen MR) is 74.2 cm³/mol. The van der Waals surface area contributed by atoms with Crippen molar-refractivity contribution in [2.75, 3.05) is 13.7 Å². The Kier molecular flexibility index (Phi) is 4.30. The van der Waals surface area contributed by atoms with E-state index in [2.05, 4.69) is 0 Å². The van der Waals surface area contributed by atoms with Crippen LogP contribution in [0.4, 0.5) is 0 Å². The number of aliphatic hydroxyl groups excluding tert-OH is 2. The van der Waals surface area contributed by atoms with Gasteiger partial charge in [0.25, 0.3) is 0 Å². The molecule has 0 aromatic heterocycles. The molecule has 0 aliphatic carbocycles. The molecule has 6 heteroatoms. The van der Waals surface area contributed by atoms with Crippen molar-refractivity contribution in [3.8, 4) is 0 Å². The van der Waals surface area contributed by atoms with E-state index in [4.69, 9.17) is 14.2 Å². The Bertz CT molecular complexity index is 440. The van der Waals surface area contributed by atoms with Gasteiger partial charge in [-0.2, -0.15) is 0 Å². The van der Waals surface area contributed by atoms with Crippen LogP contribution in [-0.4, -0.2) is 53.8 Å². The smallest absolute Gasteiger partial charge is 0.186 e. The first-order valence-electron chi connectivity index (χ1n) is 6.57. The molecule has 0 saturated carbocycles. The van der Waals surface area contributed by atoms with E-state index in [0.717, 1.165) is 5.56 Å². The topological polar surface area (TPSA) is 68.2 Å². The highest BCUT2D eigenvalue weighted by Crippen LogP contribution is 2.43. The molecule has 6 atom stereocenters. The minimum absolute atomic E-state index is 0.151. The van der Waals surface area contributed by atoms with Crippen LogP contribution in [0.2, 0.25) is 0 Å². The SMILES string of the molecule is CO[C@H]1O[C@@H]2CO[C@@H](c3ccccc3)S[C@H]2[C@H](O)[C@H]1O. The zero-order chi connectivity index (χ0) is 14.1. The van der Waals surface area contributed by atoms with Crippen LogP contribution in [0.1, 0.15) is 11.0 Å². The fourth-order valence-electron chi connectivity index (χ4n) is 2.55. The van der Waals surface area contributed by atoms with E-state index < -0.39 is 18.5 Å². The largest absolute Gasteiger partial charge is 0.389 e. The Labute approximate surface area is 121 Å². The Balaban J connectivity index is 1.74. The number of hydrogen-bond acceptors (Lipinski definition) is 6. The zero-order valence-electron chi connectivity index (χ0n) is 11.1. The van der Waals surface area contributed by atoms with Gasteiger partial charge in [0.05, 0.1) is 24.1 Å². The lowest BCUT2D eigenvalue weighted by atomic mass is 10.0. The van der Waals surface area contributed by atoms with E-state index in [-0.39, 0.29) is 16.8 Å². The van der Waals surface area contributed by atoms with Crippen molar-refractivity contribution < 1.29 is 24.4 Å². The van der Waals surface area contributed by atoms with E-state index >= 15 is 0 Å². The molecule has 2 fully saturated rings. The predicted octanol–water partition coefficient (Wildman–Crippen LogP) is 0.910. The van der Waals surface area contributed by atoms with Gasteiger partial charge >= 0.3 is 0 Å². The van der Waals surface area contributed by atoms with Crippen LogP contribution >= 0.6 is 11.8 Å². The molecule has 110 valence electrons. The van der Waals surface area contributed by atoms with Crippen molar-refractivity contribution in [2.45, 2.75) is 35.3 Å². The van der Waals surface area contributed by atoms with Gasteiger partial charge in [0.1, 0.15) is 11.5 Å². The maximum Gasteiger partial charge on any atom is 0.186 e. The van der Waals surface area contributed by atoms with Crippen molar-refractivity contribution in [1.82, 2.24) is 0 Å². The molecule has 2 aliphatic rings. The standard InChI is InChI=1S/C14H18O5S/c1-17-13-11(16)10(15)12-9(19-13)7-18-14(20-12)8-5-3-2-4-6-8/h2-6,9-16H,7H2,1H3/t9-,10-,11-,12-,13+,14-/m1/s1. The van der Waals surface area contributed by atoms with Crippen LogP contribution in [0, 0.1) is 0 Å². The van der Waals surface area contributed by atoms with Crippen molar-refractivity contribution in [3.05, 3.63) is 35.9 Å². The summed E-state index contributed by atoms with van der Waals surface area (Å²) >= 11 is 1.48. The number of methoxy groups -OCH3 is 1. The van der Waals surface area contributed by atoms with Crippen LogP contribution in [-0.2, 0) is 14.2 Å². The third-order valence-corrected chi connectivity index (χ3v) is 5.19. The second-order valence-corrected chi connectivity index (χ2v) is 6.18. The van der Waals surface area contributed by atoms with Gasteiger partial charge in [-0.3, -0.25) is 0 Å². The number of rotatable bonds is 2. The molecular formula is C14H18O5S. The molecule has 5 nitrogen and oxygen atoms in total. The second-order valence-electron chi connectivity index (χ2n) is 4.94. The lowest BCUT2D eigenvalue weighted by molar-refractivity contribution is -0.264. The third-order valence-electron chi connectivity index (χ3n) is 3.64. The lowest BCUT2D eigenvalue weighted by Crippen LogP contribution is -2.59. The summed E-state index contributed by atoms with van der Waals surface area (Å²) in [4.78, 5) is 0. The van der Waals surface area contributed by atoms with Crippen LogP contribution in [0.15, 0.2) is 30.3 Å². The van der Waals surface area contributed by atoms with E-state index in [9.17, 15) is 10.2 Å². The number of benzene rings is 1. The maximum absolute atomic E-state index is 10.3. The summed E-state index contributed by atoms with van der Waals surface area (Å²) in [6, 6.07) is 9.83. The van der Waals surface area contributed by atoms with Crippen LogP contribution in [0.3, 0.4) is 0 Å². The molecule has 2 heterocycles. The molecule has 0 unspecified atom stereocenters. The van der Waals surface area contributed by atoms with Crippen LogP contribution in [0.5, 0.6) is 0 Å². The molecular weight excluding hydrogens is 280 g/mol. The van der Waals surface area contributed by atoms with Gasteiger partial charge in [-0.05, 0) is 5.56 Å². The lowest BCUT2D eigenvalue weighted by Gasteiger charge is -2.45. The van der Waals surface area contributed by atoms with Gasteiger partial charge in [0, 0.05) is 7.11 Å². The van der Waals surface area contributed by atoms with Gasteiger partial charge in [-0.15, -0.1) is 11.8 Å². The third kappa shape index (κ3) is 2.59. The highest BCUT2D eigenvalue weighted by molar-refractivity contribution is 8.00. The fourth-order valence-corrected chi connectivity index (χ4v) is 3.95. The average Bonchev–Trinajstić information content (AvgIpc) is 2.51. The van der Waals surface area contributed by atoms with Gasteiger partial charge in [0.15, 0.2) is 6.29 Å². The Morgan fingerprint density at radius 3 is 2.65 bits per heavy atom. The highest BCUT2D eigenvalue weighted by atomic mass is 32.2. The first-order valence-corrected chi connectivity index (χ1v) is 7.51. The van der Waals surface area contributed by atoms with Gasteiger partial charge in [-0.1, -0.05) is 30.3 Å². The molecule has 0 bridgehead atoms. The second kappa shape index (κ2) is 6.01. The molecule has 2 N–H and O–H groups in total. The Morgan fingerprint density at radius 1 is 1.20 bits per heavy atom.